The molecule has 126 valence electrons. The Morgan fingerprint density at radius 3 is 2.28 bits per heavy atom. The van der Waals surface area contributed by atoms with Gasteiger partial charge in [0.2, 0.25) is 0 Å². The predicted molar refractivity (Wildman–Crippen MR) is 105 cm³/mol. The van der Waals surface area contributed by atoms with Crippen LogP contribution < -0.4 is 10.6 Å². The fourth-order valence-electron chi connectivity index (χ4n) is 3.66. The molecule has 25 heavy (non-hydrogen) atoms. The summed E-state index contributed by atoms with van der Waals surface area (Å²) >= 11 is 6.30. The molecule has 1 heterocycles. The van der Waals surface area contributed by atoms with E-state index in [9.17, 15) is 0 Å². The van der Waals surface area contributed by atoms with Crippen LogP contribution in [0.1, 0.15) is 36.1 Å². The number of anilines is 1. The van der Waals surface area contributed by atoms with Gasteiger partial charge in [-0.2, -0.15) is 0 Å². The summed E-state index contributed by atoms with van der Waals surface area (Å²) < 4.78 is 0. The first-order valence-corrected chi connectivity index (χ1v) is 9.05. The lowest BCUT2D eigenvalue weighted by molar-refractivity contribution is 0.325. The molecular weight excluding hydrogens is 328 g/mol. The molecule has 0 fully saturated rings. The smallest absolute Gasteiger partial charge is 0.115 e. The van der Waals surface area contributed by atoms with Crippen LogP contribution in [0.2, 0.25) is 5.02 Å². The fraction of sp³-hybridized carbons (Fsp3) is 0.182. The molecule has 2 N–H and O–H groups in total. The van der Waals surface area contributed by atoms with Crippen molar-refractivity contribution in [2.75, 3.05) is 5.32 Å². The molecule has 0 saturated carbocycles. The topological polar surface area (TPSA) is 24.1 Å². The average molecular weight is 349 g/mol. The van der Waals surface area contributed by atoms with Gasteiger partial charge in [-0.1, -0.05) is 79.2 Å². The average Bonchev–Trinajstić information content (AvgIpc) is 2.68. The Morgan fingerprint density at radius 2 is 1.60 bits per heavy atom. The summed E-state index contributed by atoms with van der Waals surface area (Å²) in [5.74, 6) is 0. The van der Waals surface area contributed by atoms with Gasteiger partial charge in [0.25, 0.3) is 0 Å². The molecule has 2 nitrogen and oxygen atoms in total. The van der Waals surface area contributed by atoms with Crippen molar-refractivity contribution in [1.29, 1.82) is 0 Å². The van der Waals surface area contributed by atoms with Crippen molar-refractivity contribution in [3.63, 3.8) is 0 Å². The van der Waals surface area contributed by atoms with Crippen LogP contribution in [0.3, 0.4) is 0 Å². The van der Waals surface area contributed by atoms with Crippen LogP contribution >= 0.6 is 11.6 Å². The van der Waals surface area contributed by atoms with Crippen LogP contribution in [0.5, 0.6) is 0 Å². The van der Waals surface area contributed by atoms with E-state index < -0.39 is 0 Å². The van der Waals surface area contributed by atoms with Crippen molar-refractivity contribution in [2.24, 2.45) is 0 Å². The van der Waals surface area contributed by atoms with Gasteiger partial charge in [-0.05, 0) is 41.3 Å². The van der Waals surface area contributed by atoms with E-state index in [2.05, 4.69) is 84.3 Å². The minimum atomic E-state index is -0.317. The van der Waals surface area contributed by atoms with Crippen molar-refractivity contribution < 1.29 is 0 Å². The molecular formula is C22H21ClN2. The maximum absolute atomic E-state index is 6.30. The van der Waals surface area contributed by atoms with Crippen molar-refractivity contribution in [3.8, 4) is 0 Å². The summed E-state index contributed by atoms with van der Waals surface area (Å²) in [6.45, 7) is 2.20. The highest BCUT2D eigenvalue weighted by Crippen LogP contribution is 2.41. The van der Waals surface area contributed by atoms with Crippen molar-refractivity contribution in [1.82, 2.24) is 5.32 Å². The summed E-state index contributed by atoms with van der Waals surface area (Å²) in [6.07, 6.45) is 0.919. The third-order valence-corrected chi connectivity index (χ3v) is 5.23. The molecule has 4 rings (SSSR count). The maximum Gasteiger partial charge on any atom is 0.115 e. The molecule has 0 aliphatic carbocycles. The van der Waals surface area contributed by atoms with Gasteiger partial charge < -0.3 is 5.32 Å². The minimum Gasteiger partial charge on any atom is -0.363 e. The lowest BCUT2D eigenvalue weighted by Crippen LogP contribution is -2.53. The number of halogens is 1. The molecule has 0 amide bonds. The minimum absolute atomic E-state index is 0.0799. The zero-order chi connectivity index (χ0) is 17.3. The van der Waals surface area contributed by atoms with Crippen molar-refractivity contribution in [2.45, 2.75) is 25.0 Å². The van der Waals surface area contributed by atoms with Gasteiger partial charge in [0.15, 0.2) is 0 Å². The van der Waals surface area contributed by atoms with Gasteiger partial charge >= 0.3 is 0 Å². The zero-order valence-corrected chi connectivity index (χ0v) is 14.9. The second-order valence-electron chi connectivity index (χ2n) is 6.47. The largest absolute Gasteiger partial charge is 0.363 e. The lowest BCUT2D eigenvalue weighted by atomic mass is 9.86. The van der Waals surface area contributed by atoms with Crippen LogP contribution in [-0.2, 0) is 5.66 Å². The number of fused-ring (bicyclic) bond motifs is 1. The summed E-state index contributed by atoms with van der Waals surface area (Å²) in [5, 5.41) is 8.35. The van der Waals surface area contributed by atoms with Gasteiger partial charge in [-0.3, -0.25) is 5.32 Å². The number of hydrogen-bond acceptors (Lipinski definition) is 2. The van der Waals surface area contributed by atoms with Crippen LogP contribution in [0.25, 0.3) is 0 Å². The molecule has 1 aliphatic heterocycles. The normalized spacial score (nSPS) is 22.1. The van der Waals surface area contributed by atoms with Gasteiger partial charge in [0, 0.05) is 10.7 Å². The van der Waals surface area contributed by atoms with Crippen LogP contribution in [0.15, 0.2) is 78.9 Å². The van der Waals surface area contributed by atoms with E-state index in [1.807, 2.05) is 12.1 Å². The third kappa shape index (κ3) is 2.92. The van der Waals surface area contributed by atoms with Gasteiger partial charge in [0.1, 0.15) is 5.66 Å². The Hall–Kier alpha value is -2.29. The van der Waals surface area contributed by atoms with Gasteiger partial charge in [0.05, 0.1) is 6.04 Å². The SMILES string of the molecule is CC[C@@]1(c2ccccc2)Nc2ccc(Cl)cc2[C@@H](c2ccccc2)N1. The number of nitrogens with one attached hydrogen (secondary N) is 2. The van der Waals surface area contributed by atoms with E-state index in [1.54, 1.807) is 0 Å². The first-order valence-electron chi connectivity index (χ1n) is 8.68. The van der Waals surface area contributed by atoms with E-state index in [0.717, 1.165) is 17.1 Å². The fourth-order valence-corrected chi connectivity index (χ4v) is 3.84. The molecule has 3 aromatic rings. The zero-order valence-electron chi connectivity index (χ0n) is 14.2. The highest BCUT2D eigenvalue weighted by molar-refractivity contribution is 6.30. The van der Waals surface area contributed by atoms with E-state index >= 15 is 0 Å². The molecule has 1 aliphatic rings. The number of hydrogen-bond donors (Lipinski definition) is 2. The molecule has 0 aromatic heterocycles. The molecule has 0 saturated heterocycles. The van der Waals surface area contributed by atoms with Crippen molar-refractivity contribution in [3.05, 3.63) is 101 Å². The Bertz CT molecular complexity index is 864. The maximum atomic E-state index is 6.30. The summed E-state index contributed by atoms with van der Waals surface area (Å²) in [6, 6.07) is 27.3. The number of benzene rings is 3. The Kier molecular flexibility index (Phi) is 4.24. The van der Waals surface area contributed by atoms with Crippen LogP contribution in [0, 0.1) is 0 Å². The molecule has 0 bridgehead atoms. The first kappa shape index (κ1) is 16.2. The quantitative estimate of drug-likeness (QED) is 0.633. The van der Waals surface area contributed by atoms with Crippen LogP contribution in [-0.4, -0.2) is 0 Å². The predicted octanol–water partition coefficient (Wildman–Crippen LogP) is 5.71. The highest BCUT2D eigenvalue weighted by Gasteiger charge is 2.38. The van der Waals surface area contributed by atoms with E-state index in [0.29, 0.717) is 0 Å². The van der Waals surface area contributed by atoms with E-state index in [4.69, 9.17) is 11.6 Å². The molecule has 0 spiro atoms. The molecule has 2 atom stereocenters. The Labute approximate surface area is 153 Å². The molecule has 3 heteroatoms. The lowest BCUT2D eigenvalue weighted by Gasteiger charge is -2.45. The second-order valence-corrected chi connectivity index (χ2v) is 6.91. The Morgan fingerprint density at radius 1 is 0.920 bits per heavy atom. The summed E-state index contributed by atoms with van der Waals surface area (Å²) in [5.41, 5.74) is 4.46. The highest BCUT2D eigenvalue weighted by atomic mass is 35.5. The third-order valence-electron chi connectivity index (χ3n) is 4.99. The monoisotopic (exact) mass is 348 g/mol. The molecule has 0 radical (unpaired) electrons. The summed E-state index contributed by atoms with van der Waals surface area (Å²) in [7, 11) is 0. The second kappa shape index (κ2) is 6.55. The van der Waals surface area contributed by atoms with E-state index in [1.165, 1.54) is 16.7 Å². The van der Waals surface area contributed by atoms with E-state index in [-0.39, 0.29) is 11.7 Å². The standard InChI is InChI=1S/C22H21ClN2/c1-2-22(17-11-7-4-8-12-17)24-20-14-13-18(23)15-19(20)21(25-22)16-9-5-3-6-10-16/h3-15,21,24-25H,2H2,1H3/t21-,22-/m1/s1. The molecule has 3 aromatic carbocycles. The van der Waals surface area contributed by atoms with Crippen LogP contribution in [0.4, 0.5) is 5.69 Å². The number of rotatable bonds is 3. The summed E-state index contributed by atoms with van der Waals surface area (Å²) in [4.78, 5) is 0. The van der Waals surface area contributed by atoms with Gasteiger partial charge in [-0.15, -0.1) is 0 Å². The Balaban J connectivity index is 1.88. The molecule has 0 unspecified atom stereocenters. The first-order chi connectivity index (χ1) is 12.2. The van der Waals surface area contributed by atoms with Gasteiger partial charge in [-0.25, -0.2) is 0 Å². The van der Waals surface area contributed by atoms with Crippen molar-refractivity contribution >= 4 is 17.3 Å².